The van der Waals surface area contributed by atoms with E-state index in [1.807, 2.05) is 19.1 Å². The number of carbonyl (C=O) groups excluding carboxylic acids is 3. The van der Waals surface area contributed by atoms with E-state index < -0.39 is 6.09 Å². The lowest BCUT2D eigenvalue weighted by atomic mass is 9.77. The molecule has 0 aromatic heterocycles. The molecule has 0 spiro atoms. The van der Waals surface area contributed by atoms with E-state index in [-0.39, 0.29) is 23.2 Å². The van der Waals surface area contributed by atoms with Gasteiger partial charge in [-0.15, -0.1) is 0 Å². The topological polar surface area (TPSA) is 84.5 Å². The summed E-state index contributed by atoms with van der Waals surface area (Å²) in [5.74, 6) is 0.223. The van der Waals surface area contributed by atoms with Gasteiger partial charge >= 0.3 is 6.09 Å². The first-order chi connectivity index (χ1) is 12.4. The summed E-state index contributed by atoms with van der Waals surface area (Å²) in [5, 5.41) is 5.44. The van der Waals surface area contributed by atoms with Crippen LogP contribution in [-0.4, -0.2) is 37.0 Å². The molecular weight excluding hydrogens is 332 g/mol. The van der Waals surface area contributed by atoms with Gasteiger partial charge in [0.05, 0.1) is 0 Å². The van der Waals surface area contributed by atoms with Crippen molar-refractivity contribution in [2.45, 2.75) is 78.2 Å². The average Bonchev–Trinajstić information content (AvgIpc) is 2.56. The van der Waals surface area contributed by atoms with Crippen LogP contribution >= 0.6 is 0 Å². The highest BCUT2D eigenvalue weighted by molar-refractivity contribution is 5.82. The summed E-state index contributed by atoms with van der Waals surface area (Å²) >= 11 is 0. The third-order valence-electron chi connectivity index (χ3n) is 4.97. The quantitative estimate of drug-likeness (QED) is 0.483. The van der Waals surface area contributed by atoms with Crippen LogP contribution in [0.15, 0.2) is 12.2 Å². The third-order valence-corrected chi connectivity index (χ3v) is 4.97. The molecule has 26 heavy (non-hydrogen) atoms. The van der Waals surface area contributed by atoms with Crippen LogP contribution < -0.4 is 10.6 Å². The van der Waals surface area contributed by atoms with Gasteiger partial charge in [0.25, 0.3) is 0 Å². The number of Topliss-reactive ketones (excluding diaryl/α,β-unsaturated/α-hetero) is 1. The molecular formula is C20H34N2O4. The lowest BCUT2D eigenvalue weighted by Crippen LogP contribution is -2.36. The predicted molar refractivity (Wildman–Crippen MR) is 102 cm³/mol. The van der Waals surface area contributed by atoms with Crippen molar-refractivity contribution in [2.24, 2.45) is 5.41 Å². The van der Waals surface area contributed by atoms with Gasteiger partial charge in [-0.25, -0.2) is 4.79 Å². The van der Waals surface area contributed by atoms with Crippen molar-refractivity contribution < 1.29 is 19.1 Å². The molecule has 0 unspecified atom stereocenters. The van der Waals surface area contributed by atoms with Gasteiger partial charge in [0, 0.05) is 24.9 Å². The SMILES string of the molecule is CCCCCC(=O)NCCNC(=O)O[C@H]1/C=C/C[C@@](C)(C(C)=O)CCC1. The molecule has 0 aromatic rings. The molecule has 0 heterocycles. The average molecular weight is 367 g/mol. The Morgan fingerprint density at radius 2 is 1.92 bits per heavy atom. The van der Waals surface area contributed by atoms with E-state index in [4.69, 9.17) is 4.74 Å². The second-order valence-electron chi connectivity index (χ2n) is 7.32. The van der Waals surface area contributed by atoms with Crippen LogP contribution in [0, 0.1) is 5.41 Å². The Bertz CT molecular complexity index is 504. The number of nitrogens with one attached hydrogen (secondary N) is 2. The molecule has 148 valence electrons. The monoisotopic (exact) mass is 366 g/mol. The molecule has 6 nitrogen and oxygen atoms in total. The highest BCUT2D eigenvalue weighted by Crippen LogP contribution is 2.32. The van der Waals surface area contributed by atoms with Crippen LogP contribution in [-0.2, 0) is 14.3 Å². The zero-order valence-electron chi connectivity index (χ0n) is 16.4. The number of alkyl carbamates (subject to hydrolysis) is 1. The van der Waals surface area contributed by atoms with E-state index in [0.29, 0.717) is 32.4 Å². The van der Waals surface area contributed by atoms with Gasteiger partial charge in [0.1, 0.15) is 11.9 Å². The van der Waals surface area contributed by atoms with E-state index in [1.165, 1.54) is 0 Å². The van der Waals surface area contributed by atoms with E-state index in [1.54, 1.807) is 6.92 Å². The molecule has 2 atom stereocenters. The Morgan fingerprint density at radius 3 is 2.62 bits per heavy atom. The van der Waals surface area contributed by atoms with Gasteiger partial charge in [-0.2, -0.15) is 0 Å². The standard InChI is InChI=1S/C20H34N2O4/c1-4-5-6-11-18(24)21-14-15-22-19(25)26-17-9-7-12-20(3,16(2)23)13-8-10-17/h7,9,17H,4-6,8,10-15H2,1-3H3,(H,21,24)(H,22,25)/b9-7+/t17-,20+/m0/s1. The highest BCUT2D eigenvalue weighted by atomic mass is 16.6. The lowest BCUT2D eigenvalue weighted by Gasteiger charge is -2.28. The van der Waals surface area contributed by atoms with Crippen molar-refractivity contribution in [1.29, 1.82) is 0 Å². The maximum Gasteiger partial charge on any atom is 0.407 e. The van der Waals surface area contributed by atoms with Crippen LogP contribution in [0.1, 0.15) is 72.1 Å². The second-order valence-corrected chi connectivity index (χ2v) is 7.32. The summed E-state index contributed by atoms with van der Waals surface area (Å²) in [6.45, 7) is 6.47. The number of unbranched alkanes of at least 4 members (excludes halogenated alkanes) is 2. The fraction of sp³-hybridized carbons (Fsp3) is 0.750. The number of hydrogen-bond acceptors (Lipinski definition) is 4. The number of ether oxygens (including phenoxy) is 1. The Kier molecular flexibility index (Phi) is 9.99. The molecule has 0 saturated heterocycles. The van der Waals surface area contributed by atoms with Gasteiger partial charge in [-0.05, 0) is 45.1 Å². The number of carbonyl (C=O) groups is 3. The Balaban J connectivity index is 2.24. The van der Waals surface area contributed by atoms with Gasteiger partial charge in [-0.1, -0.05) is 32.8 Å². The van der Waals surface area contributed by atoms with E-state index in [9.17, 15) is 14.4 Å². The van der Waals surface area contributed by atoms with Gasteiger partial charge in [0.15, 0.2) is 0 Å². The third kappa shape index (κ3) is 8.50. The smallest absolute Gasteiger partial charge is 0.407 e. The molecule has 2 amide bonds. The Labute approximate surface area is 157 Å². The number of amides is 2. The molecule has 0 aliphatic heterocycles. The molecule has 0 fully saturated rings. The Hall–Kier alpha value is -1.85. The van der Waals surface area contributed by atoms with E-state index in [0.717, 1.165) is 32.1 Å². The van der Waals surface area contributed by atoms with Gasteiger partial charge < -0.3 is 15.4 Å². The van der Waals surface area contributed by atoms with Gasteiger partial charge in [0.2, 0.25) is 5.91 Å². The van der Waals surface area contributed by atoms with E-state index in [2.05, 4.69) is 17.6 Å². The van der Waals surface area contributed by atoms with Crippen molar-refractivity contribution in [1.82, 2.24) is 10.6 Å². The minimum Gasteiger partial charge on any atom is -0.442 e. The fourth-order valence-electron chi connectivity index (χ4n) is 2.96. The second kappa shape index (κ2) is 11.7. The van der Waals surface area contributed by atoms with Crippen molar-refractivity contribution in [3.8, 4) is 0 Å². The fourth-order valence-corrected chi connectivity index (χ4v) is 2.96. The summed E-state index contributed by atoms with van der Waals surface area (Å²) in [5.41, 5.74) is -0.306. The zero-order chi connectivity index (χ0) is 19.4. The number of hydrogen-bond donors (Lipinski definition) is 2. The number of allylic oxidation sites excluding steroid dienone is 1. The zero-order valence-corrected chi connectivity index (χ0v) is 16.4. The summed E-state index contributed by atoms with van der Waals surface area (Å²) in [4.78, 5) is 35.2. The minimum absolute atomic E-state index is 0.0186. The Morgan fingerprint density at radius 1 is 1.19 bits per heavy atom. The summed E-state index contributed by atoms with van der Waals surface area (Å²) in [7, 11) is 0. The molecule has 0 aromatic carbocycles. The van der Waals surface area contributed by atoms with E-state index >= 15 is 0 Å². The first kappa shape index (κ1) is 22.2. The maximum atomic E-state index is 11.9. The predicted octanol–water partition coefficient (Wildman–Crippen LogP) is 3.50. The molecule has 6 heteroatoms. The number of rotatable bonds is 9. The minimum atomic E-state index is -0.477. The molecule has 2 N–H and O–H groups in total. The van der Waals surface area contributed by atoms with Crippen LogP contribution in [0.3, 0.4) is 0 Å². The van der Waals surface area contributed by atoms with Crippen LogP contribution in [0.2, 0.25) is 0 Å². The molecule has 1 aliphatic carbocycles. The molecule has 1 rings (SSSR count). The maximum absolute atomic E-state index is 11.9. The lowest BCUT2D eigenvalue weighted by molar-refractivity contribution is -0.126. The van der Waals surface area contributed by atoms with Crippen molar-refractivity contribution in [3.63, 3.8) is 0 Å². The summed E-state index contributed by atoms with van der Waals surface area (Å²) in [6.07, 6.45) is 9.66. The molecule has 0 saturated carbocycles. The molecule has 1 aliphatic rings. The summed E-state index contributed by atoms with van der Waals surface area (Å²) in [6, 6.07) is 0. The number of ketones is 1. The normalized spacial score (nSPS) is 24.0. The summed E-state index contributed by atoms with van der Waals surface area (Å²) < 4.78 is 5.41. The molecule has 0 radical (unpaired) electrons. The first-order valence-corrected chi connectivity index (χ1v) is 9.76. The largest absolute Gasteiger partial charge is 0.442 e. The molecule has 0 bridgehead atoms. The van der Waals surface area contributed by atoms with Crippen molar-refractivity contribution in [3.05, 3.63) is 12.2 Å². The van der Waals surface area contributed by atoms with Crippen molar-refractivity contribution in [2.75, 3.05) is 13.1 Å². The highest BCUT2D eigenvalue weighted by Gasteiger charge is 2.29. The van der Waals surface area contributed by atoms with Crippen molar-refractivity contribution >= 4 is 17.8 Å². The first-order valence-electron chi connectivity index (χ1n) is 9.76. The van der Waals surface area contributed by atoms with Gasteiger partial charge in [-0.3, -0.25) is 9.59 Å². The van der Waals surface area contributed by atoms with Crippen LogP contribution in [0.5, 0.6) is 0 Å². The van der Waals surface area contributed by atoms with Crippen LogP contribution in [0.4, 0.5) is 4.79 Å². The van der Waals surface area contributed by atoms with Crippen LogP contribution in [0.25, 0.3) is 0 Å².